The van der Waals surface area contributed by atoms with Crippen LogP contribution in [0.25, 0.3) is 22.1 Å². The van der Waals surface area contributed by atoms with Crippen LogP contribution in [0.3, 0.4) is 0 Å². The molecule has 0 bridgehead atoms. The molecular formula is C26H23N3O2S2. The van der Waals surface area contributed by atoms with E-state index in [0.29, 0.717) is 22.1 Å². The molecule has 7 heteroatoms. The molecule has 4 heterocycles. The van der Waals surface area contributed by atoms with Crippen LogP contribution in [0.4, 0.5) is 0 Å². The van der Waals surface area contributed by atoms with E-state index in [4.69, 9.17) is 0 Å². The van der Waals surface area contributed by atoms with Gasteiger partial charge in [-0.15, -0.1) is 22.7 Å². The molecule has 0 radical (unpaired) electrons. The van der Waals surface area contributed by atoms with Gasteiger partial charge in [0.25, 0.3) is 0 Å². The Morgan fingerprint density at radius 3 is 2.61 bits per heavy atom. The van der Waals surface area contributed by atoms with Crippen LogP contribution in [-0.2, 0) is 6.42 Å². The minimum absolute atomic E-state index is 0.148. The molecule has 0 saturated carbocycles. The van der Waals surface area contributed by atoms with Crippen LogP contribution in [0.15, 0.2) is 53.5 Å². The largest absolute Gasteiger partial charge is 0.478 e. The second-order valence-electron chi connectivity index (χ2n) is 7.53. The molecule has 0 unspecified atom stereocenters. The second-order valence-corrected chi connectivity index (χ2v) is 9.34. The van der Waals surface area contributed by atoms with E-state index in [1.807, 2.05) is 17.5 Å². The number of aromatic carboxylic acids is 1. The van der Waals surface area contributed by atoms with E-state index in [-0.39, 0.29) is 5.56 Å². The number of aryl methyl sites for hydroxylation is 1. The van der Waals surface area contributed by atoms with Gasteiger partial charge in [-0.05, 0) is 54.1 Å². The zero-order valence-electron chi connectivity index (χ0n) is 18.2. The lowest BCUT2D eigenvalue weighted by atomic mass is 10.1. The Bertz CT molecular complexity index is 1300. The third-order valence-electron chi connectivity index (χ3n) is 5.11. The maximum atomic E-state index is 11.7. The molecule has 0 atom stereocenters. The number of aromatic nitrogens is 3. The van der Waals surface area contributed by atoms with E-state index < -0.39 is 5.97 Å². The monoisotopic (exact) mass is 473 g/mol. The zero-order valence-corrected chi connectivity index (χ0v) is 19.9. The first-order valence-corrected chi connectivity index (χ1v) is 12.6. The van der Waals surface area contributed by atoms with E-state index in [1.54, 1.807) is 23.7 Å². The highest BCUT2D eigenvalue weighted by atomic mass is 32.1. The molecule has 33 heavy (non-hydrogen) atoms. The number of hydrogen-bond donors (Lipinski definition) is 1. The molecule has 0 aliphatic heterocycles. The van der Waals surface area contributed by atoms with E-state index in [2.05, 4.69) is 45.2 Å². The number of rotatable bonds is 8. The summed E-state index contributed by atoms with van der Waals surface area (Å²) >= 11 is 3.08. The summed E-state index contributed by atoms with van der Waals surface area (Å²) in [4.78, 5) is 26.1. The lowest BCUT2D eigenvalue weighted by Crippen LogP contribution is -2.00. The molecule has 0 spiro atoms. The fourth-order valence-electron chi connectivity index (χ4n) is 3.41. The third-order valence-corrected chi connectivity index (χ3v) is 6.78. The number of carboxylic acids is 1. The molecule has 0 fully saturated rings. The highest BCUT2D eigenvalue weighted by Crippen LogP contribution is 2.26. The van der Waals surface area contributed by atoms with Crippen LogP contribution in [-0.4, -0.2) is 26.0 Å². The lowest BCUT2D eigenvalue weighted by molar-refractivity contribution is 0.0697. The number of pyridine rings is 2. The van der Waals surface area contributed by atoms with Crippen molar-refractivity contribution in [3.8, 4) is 33.9 Å². The van der Waals surface area contributed by atoms with Gasteiger partial charge >= 0.3 is 5.97 Å². The van der Waals surface area contributed by atoms with Crippen molar-refractivity contribution in [3.63, 3.8) is 0 Å². The summed E-state index contributed by atoms with van der Waals surface area (Å²) in [6.45, 7) is 2.22. The second kappa shape index (κ2) is 11.0. The molecule has 5 nitrogen and oxygen atoms in total. The van der Waals surface area contributed by atoms with Gasteiger partial charge in [0.15, 0.2) is 0 Å². The molecule has 0 saturated heterocycles. The summed E-state index contributed by atoms with van der Waals surface area (Å²) in [5.41, 5.74) is 3.84. The van der Waals surface area contributed by atoms with Crippen molar-refractivity contribution in [2.45, 2.75) is 39.0 Å². The fraction of sp³-hybridized carbons (Fsp3) is 0.231. The van der Waals surface area contributed by atoms with Crippen molar-refractivity contribution in [1.82, 2.24) is 15.0 Å². The van der Waals surface area contributed by atoms with Gasteiger partial charge in [-0.2, -0.15) is 0 Å². The molecule has 4 aromatic rings. The van der Waals surface area contributed by atoms with Gasteiger partial charge in [0.1, 0.15) is 10.7 Å². The topological polar surface area (TPSA) is 76.0 Å². The average molecular weight is 474 g/mol. The minimum atomic E-state index is -1.02. The van der Waals surface area contributed by atoms with Crippen molar-refractivity contribution < 1.29 is 9.90 Å². The van der Waals surface area contributed by atoms with Crippen LogP contribution in [0.1, 0.15) is 59.0 Å². The van der Waals surface area contributed by atoms with Crippen molar-refractivity contribution in [1.29, 1.82) is 0 Å². The third kappa shape index (κ3) is 5.92. The zero-order chi connectivity index (χ0) is 23.0. The van der Waals surface area contributed by atoms with Gasteiger partial charge in [0, 0.05) is 23.3 Å². The van der Waals surface area contributed by atoms with Crippen LogP contribution >= 0.6 is 22.7 Å². The highest BCUT2D eigenvalue weighted by molar-refractivity contribution is 7.13. The predicted octanol–water partition coefficient (Wildman–Crippen LogP) is 6.55. The summed E-state index contributed by atoms with van der Waals surface area (Å²) in [5, 5.41) is 14.2. The van der Waals surface area contributed by atoms with Crippen molar-refractivity contribution in [3.05, 3.63) is 75.1 Å². The first-order valence-electron chi connectivity index (χ1n) is 10.8. The Balaban J connectivity index is 1.60. The number of nitrogens with zero attached hydrogens (tertiary/aromatic N) is 3. The maximum Gasteiger partial charge on any atom is 0.335 e. The van der Waals surface area contributed by atoms with Crippen molar-refractivity contribution in [2.75, 3.05) is 0 Å². The molecule has 166 valence electrons. The first kappa shape index (κ1) is 22.8. The first-order chi connectivity index (χ1) is 16.1. The Labute approximate surface area is 201 Å². The van der Waals surface area contributed by atoms with Gasteiger partial charge in [-0.1, -0.05) is 38.0 Å². The minimum Gasteiger partial charge on any atom is -0.478 e. The molecule has 4 aromatic heterocycles. The number of carbonyl (C=O) groups is 1. The molecular weight excluding hydrogens is 450 g/mol. The molecule has 1 N–H and O–H groups in total. The van der Waals surface area contributed by atoms with E-state index in [1.165, 1.54) is 54.7 Å². The molecule has 4 rings (SSSR count). The Morgan fingerprint density at radius 1 is 0.939 bits per heavy atom. The summed E-state index contributed by atoms with van der Waals surface area (Å²) in [6.07, 6.45) is 9.34. The Kier molecular flexibility index (Phi) is 7.61. The fourth-order valence-corrected chi connectivity index (χ4v) is 4.80. The van der Waals surface area contributed by atoms with E-state index >= 15 is 0 Å². The summed E-state index contributed by atoms with van der Waals surface area (Å²) in [7, 11) is 0. The molecule has 0 aliphatic carbocycles. The van der Waals surface area contributed by atoms with E-state index in [0.717, 1.165) is 16.9 Å². The van der Waals surface area contributed by atoms with Crippen LogP contribution in [0.2, 0.25) is 0 Å². The smallest absolute Gasteiger partial charge is 0.335 e. The van der Waals surface area contributed by atoms with Gasteiger partial charge in [-0.3, -0.25) is 4.98 Å². The number of thiophene rings is 1. The summed E-state index contributed by atoms with van der Waals surface area (Å²) in [5.74, 6) is 5.54. The normalized spacial score (nSPS) is 10.6. The number of carboxylic acid groups (broad SMARTS) is 1. The average Bonchev–Trinajstić information content (AvgIpc) is 3.53. The lowest BCUT2D eigenvalue weighted by Gasteiger charge is -2.05. The molecule has 0 aliphatic rings. The van der Waals surface area contributed by atoms with Gasteiger partial charge in [0.2, 0.25) is 0 Å². The van der Waals surface area contributed by atoms with Gasteiger partial charge < -0.3 is 5.11 Å². The van der Waals surface area contributed by atoms with Crippen molar-refractivity contribution >= 4 is 28.6 Å². The standard InChI is InChI=1S/C26H23N3O2S2/c1-2-3-4-5-6-19-10-13-32-24(19)8-7-18-9-11-27-21(15-18)22-16-20(26(30)31)17-23(29-22)25-28-12-14-33-25/h9-17H,2-6H2,1H3,(H,30,31). The quantitative estimate of drug-likeness (QED) is 0.232. The van der Waals surface area contributed by atoms with Crippen LogP contribution in [0.5, 0.6) is 0 Å². The number of thiazole rings is 1. The summed E-state index contributed by atoms with van der Waals surface area (Å²) in [6, 6.07) is 8.94. The van der Waals surface area contributed by atoms with E-state index in [9.17, 15) is 9.90 Å². The Morgan fingerprint density at radius 2 is 1.82 bits per heavy atom. The van der Waals surface area contributed by atoms with Gasteiger partial charge in [0.05, 0.1) is 21.8 Å². The van der Waals surface area contributed by atoms with Crippen LogP contribution < -0.4 is 0 Å². The highest BCUT2D eigenvalue weighted by Gasteiger charge is 2.13. The van der Waals surface area contributed by atoms with Crippen LogP contribution in [0, 0.1) is 11.8 Å². The number of unbranched alkanes of at least 4 members (excludes halogenated alkanes) is 3. The predicted molar refractivity (Wildman–Crippen MR) is 134 cm³/mol. The maximum absolute atomic E-state index is 11.7. The number of hydrogen-bond acceptors (Lipinski definition) is 6. The molecule has 0 aromatic carbocycles. The SMILES string of the molecule is CCCCCCc1ccsc1C#Cc1ccnc(-c2cc(C(=O)O)cc(-c3nccs3)n2)c1. The van der Waals surface area contributed by atoms with Gasteiger partial charge in [-0.25, -0.2) is 14.8 Å². The summed E-state index contributed by atoms with van der Waals surface area (Å²) < 4.78 is 0. The molecule has 0 amide bonds. The Hall–Kier alpha value is -3.34. The van der Waals surface area contributed by atoms with Crippen molar-refractivity contribution in [2.24, 2.45) is 0 Å².